The van der Waals surface area contributed by atoms with Gasteiger partial charge in [0.05, 0.1) is 10.6 Å². The molecular weight excluding hydrogens is 371 g/mol. The summed E-state index contributed by atoms with van der Waals surface area (Å²) in [4.78, 5) is 0.165. The molecule has 0 saturated carbocycles. The molecule has 0 heterocycles. The van der Waals surface area contributed by atoms with E-state index in [2.05, 4.69) is 9.47 Å². The van der Waals surface area contributed by atoms with E-state index in [1.807, 2.05) is 18.2 Å². The maximum absolute atomic E-state index is 12.9. The number of phenolic OH excluding ortho intramolecular Hbond substituents is 1. The molecule has 0 radical (unpaired) electrons. The number of rotatable bonds is 7. The maximum Gasteiger partial charge on any atom is 0.181 e. The molecule has 0 aliphatic rings. The highest BCUT2D eigenvalue weighted by Crippen LogP contribution is 2.30. The second kappa shape index (κ2) is 8.04. The van der Waals surface area contributed by atoms with Gasteiger partial charge in [-0.15, -0.1) is 0 Å². The zero-order valence-corrected chi connectivity index (χ0v) is 15.9. The minimum Gasteiger partial charge on any atom is -0.507 e. The second-order valence-corrected chi connectivity index (χ2v) is 8.07. The second-order valence-electron chi connectivity index (χ2n) is 5.79. The van der Waals surface area contributed by atoms with Gasteiger partial charge in [-0.1, -0.05) is 42.5 Å². The molecule has 0 aromatic heterocycles. The van der Waals surface area contributed by atoms with E-state index < -0.39 is 15.9 Å². The van der Waals surface area contributed by atoms with E-state index >= 15 is 0 Å². The minimum atomic E-state index is -3.65. The number of hydrogen-bond acceptors (Lipinski definition) is 5. The summed E-state index contributed by atoms with van der Waals surface area (Å²) >= 11 is 0. The summed E-state index contributed by atoms with van der Waals surface area (Å²) in [5.41, 5.74) is 0. The fourth-order valence-electron chi connectivity index (χ4n) is 2.70. The van der Waals surface area contributed by atoms with Crippen LogP contribution in [0, 0.1) is 0 Å². The van der Waals surface area contributed by atoms with Crippen LogP contribution >= 0.6 is 9.47 Å². The van der Waals surface area contributed by atoms with E-state index in [0.717, 1.165) is 0 Å². The molecule has 1 N–H and O–H groups in total. The molecule has 5 nitrogen and oxygen atoms in total. The number of hydrogen-bond donors (Lipinski definition) is 1. The highest BCUT2D eigenvalue weighted by atomic mass is 32.2. The predicted molar refractivity (Wildman–Crippen MR) is 106 cm³/mol. The van der Waals surface area contributed by atoms with Crippen LogP contribution in [0.1, 0.15) is 1.43 Å². The molecule has 0 fully saturated rings. The van der Waals surface area contributed by atoms with Gasteiger partial charge in [-0.05, 0) is 24.3 Å². The van der Waals surface area contributed by atoms with E-state index in [1.165, 1.54) is 12.1 Å². The van der Waals surface area contributed by atoms with Crippen molar-refractivity contribution >= 4 is 30.1 Å². The molecule has 7 heteroatoms. The first kappa shape index (κ1) is 18.6. The number of sulfone groups is 1. The van der Waals surface area contributed by atoms with E-state index in [0.29, 0.717) is 16.5 Å². The lowest BCUT2D eigenvalue weighted by atomic mass is 10.1. The summed E-state index contributed by atoms with van der Waals surface area (Å²) in [6, 6.07) is 18.8. The Kier molecular flexibility index (Phi) is 5.77. The van der Waals surface area contributed by atoms with Crippen molar-refractivity contribution in [1.29, 1.82) is 0 Å². The van der Waals surface area contributed by atoms with Crippen LogP contribution in [0.25, 0.3) is 10.8 Å². The van der Waals surface area contributed by atoms with Crippen LogP contribution in [0.4, 0.5) is 0 Å². The van der Waals surface area contributed by atoms with Gasteiger partial charge >= 0.3 is 0 Å². The SMILES string of the molecule is O=S(=O)(CC(COc1ccccc1)OP)c1cccc2c(O)cccc12.[3HH]. The maximum atomic E-state index is 12.9. The third-order valence-corrected chi connectivity index (χ3v) is 6.19. The highest BCUT2D eigenvalue weighted by molar-refractivity contribution is 7.91. The van der Waals surface area contributed by atoms with Crippen LogP contribution in [0.2, 0.25) is 0 Å². The van der Waals surface area contributed by atoms with Gasteiger partial charge in [0.2, 0.25) is 0 Å². The van der Waals surface area contributed by atoms with Gasteiger partial charge in [-0.3, -0.25) is 0 Å². The fourth-order valence-corrected chi connectivity index (χ4v) is 4.66. The summed E-state index contributed by atoms with van der Waals surface area (Å²) in [7, 11) is -1.55. The van der Waals surface area contributed by atoms with Crippen LogP contribution in [0.5, 0.6) is 11.5 Å². The van der Waals surface area contributed by atoms with Gasteiger partial charge in [0, 0.05) is 21.7 Å². The lowest BCUT2D eigenvalue weighted by Gasteiger charge is -2.17. The Hall–Kier alpha value is -2.14. The molecule has 2 unspecified atom stereocenters. The average molecular weight is 394 g/mol. The van der Waals surface area contributed by atoms with Crippen LogP contribution in [0.15, 0.2) is 71.6 Å². The summed E-state index contributed by atoms with van der Waals surface area (Å²) in [6.07, 6.45) is -0.655. The van der Waals surface area contributed by atoms with Gasteiger partial charge < -0.3 is 14.4 Å². The van der Waals surface area contributed by atoms with E-state index in [-0.39, 0.29) is 24.4 Å². The van der Waals surface area contributed by atoms with Crippen LogP contribution < -0.4 is 4.74 Å². The van der Waals surface area contributed by atoms with Crippen molar-refractivity contribution in [3.05, 3.63) is 66.7 Å². The first-order valence-electron chi connectivity index (χ1n) is 7.98. The van der Waals surface area contributed by atoms with Crippen molar-refractivity contribution in [3.8, 4) is 11.5 Å². The molecule has 3 aromatic carbocycles. The molecule has 0 aliphatic heterocycles. The van der Waals surface area contributed by atoms with Gasteiger partial charge in [-0.2, -0.15) is 0 Å². The Bertz CT molecular complexity index is 995. The predicted octanol–water partition coefficient (Wildman–Crippen LogP) is 3.82. The van der Waals surface area contributed by atoms with Gasteiger partial charge in [-0.25, -0.2) is 8.42 Å². The van der Waals surface area contributed by atoms with Gasteiger partial charge in [0.15, 0.2) is 9.84 Å². The zero-order chi connectivity index (χ0) is 18.6. The Morgan fingerprint density at radius 1 is 0.962 bits per heavy atom. The number of ether oxygens (including phenoxy) is 1. The first-order valence-corrected chi connectivity index (χ1v) is 10.1. The molecule has 0 bridgehead atoms. The van der Waals surface area contributed by atoms with Crippen LogP contribution in [-0.2, 0) is 14.4 Å². The smallest absolute Gasteiger partial charge is 0.181 e. The summed E-state index contributed by atoms with van der Waals surface area (Å²) in [6.45, 7) is 0.1000. The van der Waals surface area contributed by atoms with Gasteiger partial charge in [0.25, 0.3) is 0 Å². The lowest BCUT2D eigenvalue weighted by Crippen LogP contribution is -2.28. The third-order valence-electron chi connectivity index (χ3n) is 3.97. The molecule has 0 amide bonds. The number of aromatic hydroxyl groups is 1. The number of fused-ring (bicyclic) bond motifs is 1. The van der Waals surface area contributed by atoms with Crippen LogP contribution in [0.3, 0.4) is 0 Å². The highest BCUT2D eigenvalue weighted by Gasteiger charge is 2.24. The Balaban J connectivity index is 0.00000261. The molecular formula is C19H21O5PS. The number of para-hydroxylation sites is 1. The number of benzene rings is 3. The van der Waals surface area contributed by atoms with E-state index in [9.17, 15) is 13.5 Å². The minimum absolute atomic E-state index is 0. The lowest BCUT2D eigenvalue weighted by molar-refractivity contribution is 0.166. The summed E-state index contributed by atoms with van der Waals surface area (Å²) in [5.74, 6) is 0.454. The topological polar surface area (TPSA) is 72.8 Å². The molecule has 138 valence electrons. The molecule has 3 aromatic rings. The normalized spacial score (nSPS) is 12.8. The van der Waals surface area contributed by atoms with Crippen molar-refractivity contribution in [2.24, 2.45) is 0 Å². The van der Waals surface area contributed by atoms with E-state index in [1.54, 1.807) is 36.4 Å². The monoisotopic (exact) mass is 394 g/mol. The molecule has 3 rings (SSSR count). The average Bonchev–Trinajstić information content (AvgIpc) is 2.66. The Morgan fingerprint density at radius 2 is 1.65 bits per heavy atom. The molecule has 26 heavy (non-hydrogen) atoms. The zero-order valence-electron chi connectivity index (χ0n) is 13.9. The Labute approximate surface area is 156 Å². The van der Waals surface area contributed by atoms with Crippen LogP contribution in [-0.4, -0.2) is 32.0 Å². The van der Waals surface area contributed by atoms with Crippen molar-refractivity contribution < 1.29 is 24.2 Å². The molecule has 0 aliphatic carbocycles. The standard InChI is InChI=1S/C19H19O5PS.H2/c20-18-10-4-9-17-16(18)8-5-11-19(17)26(21,22)13-15(24-25)12-23-14-6-2-1-3-7-14;/h1-11,15,20H,12-13,25H2;1H/i;1+2. The summed E-state index contributed by atoms with van der Waals surface area (Å²) < 4.78 is 36.7. The van der Waals surface area contributed by atoms with Crippen molar-refractivity contribution in [2.75, 3.05) is 12.4 Å². The Morgan fingerprint density at radius 3 is 2.38 bits per heavy atom. The first-order chi connectivity index (χ1) is 12.5. The van der Waals surface area contributed by atoms with Crippen molar-refractivity contribution in [1.82, 2.24) is 0 Å². The molecule has 0 saturated heterocycles. The molecule has 0 spiro atoms. The van der Waals surface area contributed by atoms with E-state index in [4.69, 9.17) is 9.26 Å². The molecule has 2 atom stereocenters. The van der Waals surface area contributed by atoms with Gasteiger partial charge in [0.1, 0.15) is 24.2 Å². The van der Waals surface area contributed by atoms with Crippen molar-refractivity contribution in [3.63, 3.8) is 0 Å². The van der Waals surface area contributed by atoms with Crippen molar-refractivity contribution in [2.45, 2.75) is 11.0 Å². The largest absolute Gasteiger partial charge is 0.507 e. The summed E-state index contributed by atoms with van der Waals surface area (Å²) in [5, 5.41) is 10.9. The third kappa shape index (κ3) is 4.15. The number of phenols is 1. The fraction of sp³-hybridized carbons (Fsp3) is 0.158. The quantitative estimate of drug-likeness (QED) is 0.617.